The summed E-state index contributed by atoms with van der Waals surface area (Å²) in [5.41, 5.74) is 10.6. The van der Waals surface area contributed by atoms with Gasteiger partial charge in [-0.2, -0.15) is 0 Å². The molecule has 1 saturated heterocycles. The number of hydrogen-bond donors (Lipinski definition) is 2. The minimum atomic E-state index is -0.0509. The average Bonchev–Trinajstić information content (AvgIpc) is 3.88. The van der Waals surface area contributed by atoms with E-state index in [1.807, 2.05) is 4.90 Å². The lowest BCUT2D eigenvalue weighted by Crippen LogP contribution is -2.38. The Morgan fingerprint density at radius 1 is 0.949 bits per heavy atom. The Morgan fingerprint density at radius 3 is 2.18 bits per heavy atom. The molecule has 3 amide bonds. The third kappa shape index (κ3) is 6.05. The number of piperidine rings is 1. The molecule has 3 aliphatic rings. The minimum Gasteiger partial charge on any atom is -0.404 e. The van der Waals surface area contributed by atoms with E-state index >= 15 is 0 Å². The van der Waals surface area contributed by atoms with E-state index < -0.39 is 0 Å². The lowest BCUT2D eigenvalue weighted by Gasteiger charge is -2.32. The van der Waals surface area contributed by atoms with E-state index in [1.165, 1.54) is 5.56 Å². The maximum absolute atomic E-state index is 13.5. The molecule has 2 aromatic rings. The molecule has 2 saturated carbocycles. The van der Waals surface area contributed by atoms with Crippen molar-refractivity contribution >= 4 is 40.9 Å². The van der Waals surface area contributed by atoms with Crippen molar-refractivity contribution in [3.8, 4) is 0 Å². The highest BCUT2D eigenvalue weighted by Crippen LogP contribution is 2.37. The number of nitrogens with two attached hydrogens (primary N) is 1. The summed E-state index contributed by atoms with van der Waals surface area (Å²) in [6.45, 7) is 1.32. The molecule has 3 fully saturated rings. The first-order chi connectivity index (χ1) is 18.9. The van der Waals surface area contributed by atoms with E-state index in [0.29, 0.717) is 35.9 Å². The number of aliphatic imine (C=N–C) groups is 1. The fourth-order valence-electron chi connectivity index (χ4n) is 5.26. The molecule has 8 heteroatoms. The van der Waals surface area contributed by atoms with Gasteiger partial charge in [0.05, 0.1) is 11.4 Å². The summed E-state index contributed by atoms with van der Waals surface area (Å²) in [5, 5.41) is 3.00. The fourth-order valence-corrected chi connectivity index (χ4v) is 5.26. The van der Waals surface area contributed by atoms with Gasteiger partial charge >= 0.3 is 0 Å². The summed E-state index contributed by atoms with van der Waals surface area (Å²) in [4.78, 5) is 46.4. The van der Waals surface area contributed by atoms with E-state index in [0.717, 1.165) is 49.7 Å². The number of amides is 3. The van der Waals surface area contributed by atoms with Gasteiger partial charge in [-0.1, -0.05) is 24.3 Å². The van der Waals surface area contributed by atoms with Crippen molar-refractivity contribution in [2.24, 2.45) is 22.6 Å². The highest BCUT2D eigenvalue weighted by atomic mass is 16.2. The number of nitrogens with zero attached hydrogens (tertiary/aromatic N) is 3. The number of allylic oxidation sites excluding steroid dienone is 1. The molecule has 39 heavy (non-hydrogen) atoms. The van der Waals surface area contributed by atoms with Gasteiger partial charge in [-0.3, -0.25) is 19.4 Å². The third-order valence-corrected chi connectivity index (χ3v) is 8.01. The van der Waals surface area contributed by atoms with Crippen LogP contribution in [0.3, 0.4) is 0 Å². The van der Waals surface area contributed by atoms with Crippen LogP contribution in [0, 0.1) is 11.8 Å². The second kappa shape index (κ2) is 11.4. The van der Waals surface area contributed by atoms with Gasteiger partial charge in [0.2, 0.25) is 11.8 Å². The molecule has 2 aromatic carbocycles. The molecule has 3 N–H and O–H groups in total. The molecule has 0 atom stereocenters. The van der Waals surface area contributed by atoms with E-state index in [-0.39, 0.29) is 29.6 Å². The van der Waals surface area contributed by atoms with E-state index in [2.05, 4.69) is 34.6 Å². The van der Waals surface area contributed by atoms with Crippen molar-refractivity contribution in [2.75, 3.05) is 37.4 Å². The Bertz CT molecular complexity index is 1300. The lowest BCUT2D eigenvalue weighted by atomic mass is 9.88. The maximum Gasteiger partial charge on any atom is 0.253 e. The Kier molecular flexibility index (Phi) is 7.82. The zero-order valence-electron chi connectivity index (χ0n) is 22.7. The predicted octanol–water partition coefficient (Wildman–Crippen LogP) is 4.43. The summed E-state index contributed by atoms with van der Waals surface area (Å²) < 4.78 is 0. The van der Waals surface area contributed by atoms with Crippen LogP contribution in [-0.2, 0) is 9.59 Å². The van der Waals surface area contributed by atoms with Crippen LogP contribution in [0.25, 0.3) is 5.57 Å². The zero-order valence-corrected chi connectivity index (χ0v) is 22.7. The number of benzene rings is 2. The number of carbonyl (C=O) groups excluding carboxylic acids is 3. The summed E-state index contributed by atoms with van der Waals surface area (Å²) in [5.74, 6) is 0.421. The lowest BCUT2D eigenvalue weighted by molar-refractivity contribution is -0.119. The SMILES string of the molecule is CN=CC(=CN)c1ccc(C2CCN(C(=O)c3ccc(N(C)C(=O)C4CC4)c(NC(=O)C4CC4)c3)CC2)cc1. The topological polar surface area (TPSA) is 108 Å². The second-order valence-electron chi connectivity index (χ2n) is 10.9. The van der Waals surface area contributed by atoms with Crippen LogP contribution in [0.1, 0.15) is 65.9 Å². The highest BCUT2D eigenvalue weighted by molar-refractivity contribution is 6.09. The molecule has 2 aliphatic carbocycles. The van der Waals surface area contributed by atoms with Crippen LogP contribution >= 0.6 is 0 Å². The van der Waals surface area contributed by atoms with Gasteiger partial charge in [0.25, 0.3) is 5.91 Å². The number of likely N-dealkylation sites (tertiary alicyclic amines) is 1. The third-order valence-electron chi connectivity index (χ3n) is 8.01. The van der Waals surface area contributed by atoms with Gasteiger partial charge in [0.1, 0.15) is 0 Å². The Balaban J connectivity index is 1.26. The Hall–Kier alpha value is -3.94. The molecule has 1 heterocycles. The van der Waals surface area contributed by atoms with E-state index in [4.69, 9.17) is 5.73 Å². The Labute approximate surface area is 230 Å². The predicted molar refractivity (Wildman–Crippen MR) is 155 cm³/mol. The van der Waals surface area contributed by atoms with Crippen LogP contribution in [0.4, 0.5) is 11.4 Å². The van der Waals surface area contributed by atoms with Crippen LogP contribution in [0.15, 0.2) is 53.7 Å². The molecule has 0 aromatic heterocycles. The molecule has 204 valence electrons. The largest absolute Gasteiger partial charge is 0.404 e. The molecule has 1 aliphatic heterocycles. The van der Waals surface area contributed by atoms with E-state index in [1.54, 1.807) is 49.6 Å². The summed E-state index contributed by atoms with van der Waals surface area (Å²) in [7, 11) is 3.47. The van der Waals surface area contributed by atoms with E-state index in [9.17, 15) is 14.4 Å². The molecule has 8 nitrogen and oxygen atoms in total. The molecule has 0 spiro atoms. The fraction of sp³-hybridized carbons (Fsp3) is 0.419. The maximum atomic E-state index is 13.5. The first-order valence-corrected chi connectivity index (χ1v) is 13.9. The number of anilines is 2. The average molecular weight is 528 g/mol. The standard InChI is InChI=1S/C31H37N5O3/c1-33-19-26(18-32)21-5-3-20(4-6-21)22-13-15-36(16-14-22)31(39)25-11-12-28(35(2)30(38)24-9-10-24)27(17-25)34-29(37)23-7-8-23/h3-6,11-12,17-19,22-24H,7-10,13-16,32H2,1-2H3,(H,34,37). The van der Waals surface area contributed by atoms with Crippen LogP contribution in [-0.4, -0.2) is 56.0 Å². The van der Waals surface area contributed by atoms with Gasteiger partial charge in [0.15, 0.2) is 0 Å². The molecule has 0 unspecified atom stereocenters. The van der Waals surface area contributed by atoms with Crippen molar-refractivity contribution in [3.63, 3.8) is 0 Å². The summed E-state index contributed by atoms with van der Waals surface area (Å²) in [6, 6.07) is 13.7. The second-order valence-corrected chi connectivity index (χ2v) is 10.9. The van der Waals surface area contributed by atoms with Crippen LogP contribution < -0.4 is 16.0 Å². The first kappa shape index (κ1) is 26.7. The number of rotatable bonds is 8. The number of nitrogens with one attached hydrogen (secondary N) is 1. The smallest absolute Gasteiger partial charge is 0.253 e. The number of carbonyl (C=O) groups is 3. The van der Waals surface area contributed by atoms with Gasteiger partial charge < -0.3 is 20.9 Å². The molecular formula is C31H37N5O3. The van der Waals surface area contributed by atoms with Crippen LogP contribution in [0.2, 0.25) is 0 Å². The molecule has 0 radical (unpaired) electrons. The van der Waals surface area contributed by atoms with Gasteiger partial charge in [-0.15, -0.1) is 0 Å². The summed E-state index contributed by atoms with van der Waals surface area (Å²) >= 11 is 0. The quantitative estimate of drug-likeness (QED) is 0.495. The first-order valence-electron chi connectivity index (χ1n) is 13.9. The van der Waals surface area contributed by atoms with Crippen LogP contribution in [0.5, 0.6) is 0 Å². The van der Waals surface area contributed by atoms with Gasteiger partial charge in [-0.25, -0.2) is 0 Å². The van der Waals surface area contributed by atoms with Crippen molar-refractivity contribution < 1.29 is 14.4 Å². The van der Waals surface area contributed by atoms with Crippen molar-refractivity contribution in [1.29, 1.82) is 0 Å². The van der Waals surface area contributed by atoms with Crippen molar-refractivity contribution in [3.05, 3.63) is 65.4 Å². The minimum absolute atomic E-state index is 0.0208. The highest BCUT2D eigenvalue weighted by Gasteiger charge is 2.35. The monoisotopic (exact) mass is 527 g/mol. The van der Waals surface area contributed by atoms with Crippen molar-refractivity contribution in [2.45, 2.75) is 44.4 Å². The molecule has 0 bridgehead atoms. The summed E-state index contributed by atoms with van der Waals surface area (Å²) in [6.07, 6.45) is 8.64. The molecular weight excluding hydrogens is 490 g/mol. The normalized spacial score (nSPS) is 18.3. The van der Waals surface area contributed by atoms with Gasteiger partial charge in [0, 0.05) is 62.6 Å². The zero-order chi connectivity index (χ0) is 27.5. The Morgan fingerprint density at radius 2 is 1.59 bits per heavy atom. The van der Waals surface area contributed by atoms with Gasteiger partial charge in [-0.05, 0) is 73.8 Å². The number of hydrogen-bond acceptors (Lipinski definition) is 5. The molecule has 5 rings (SSSR count). The van der Waals surface area contributed by atoms with Crippen molar-refractivity contribution in [1.82, 2.24) is 4.90 Å².